The van der Waals surface area contributed by atoms with E-state index < -0.39 is 0 Å². The quantitative estimate of drug-likeness (QED) is 0.690. The van der Waals surface area contributed by atoms with Crippen LogP contribution in [0.15, 0.2) is 22.9 Å². The topological polar surface area (TPSA) is 41.8 Å². The van der Waals surface area contributed by atoms with Gasteiger partial charge < -0.3 is 9.51 Å². The second-order valence-electron chi connectivity index (χ2n) is 5.35. The molecule has 3 nitrogen and oxygen atoms in total. The Kier molecular flexibility index (Phi) is 2.04. The van der Waals surface area contributed by atoms with E-state index in [2.05, 4.69) is 22.3 Å². The molecule has 0 saturated heterocycles. The Morgan fingerprint density at radius 2 is 2.17 bits per heavy atom. The highest BCUT2D eigenvalue weighted by molar-refractivity contribution is 6.07. The predicted molar refractivity (Wildman–Crippen MR) is 71.8 cm³/mol. The molecule has 92 valence electrons. The van der Waals surface area contributed by atoms with Gasteiger partial charge in [-0.1, -0.05) is 18.0 Å². The lowest BCUT2D eigenvalue weighted by atomic mass is 9.94. The summed E-state index contributed by atoms with van der Waals surface area (Å²) in [6, 6.07) is 4.34. The van der Waals surface area contributed by atoms with Crippen molar-refractivity contribution in [1.29, 1.82) is 0 Å². The van der Waals surface area contributed by atoms with Crippen LogP contribution >= 0.6 is 0 Å². The second kappa shape index (κ2) is 3.61. The van der Waals surface area contributed by atoms with Crippen molar-refractivity contribution in [3.63, 3.8) is 0 Å². The van der Waals surface area contributed by atoms with Crippen LogP contribution < -0.4 is 0 Å². The molecule has 0 aliphatic heterocycles. The summed E-state index contributed by atoms with van der Waals surface area (Å²) in [6.07, 6.45) is 7.31. The lowest BCUT2D eigenvalue weighted by molar-refractivity contribution is 0.450. The van der Waals surface area contributed by atoms with Crippen LogP contribution in [-0.2, 0) is 0 Å². The van der Waals surface area contributed by atoms with Crippen LogP contribution in [-0.4, -0.2) is 10.1 Å². The molecule has 1 N–H and O–H groups in total. The van der Waals surface area contributed by atoms with Gasteiger partial charge >= 0.3 is 0 Å². The van der Waals surface area contributed by atoms with Gasteiger partial charge in [0.05, 0.1) is 11.1 Å². The molecule has 0 bridgehead atoms. The molecule has 3 aromatic rings. The van der Waals surface area contributed by atoms with Gasteiger partial charge in [0.1, 0.15) is 0 Å². The van der Waals surface area contributed by atoms with Crippen LogP contribution in [0.4, 0.5) is 0 Å². The normalized spacial score (nSPS) is 17.2. The molecule has 18 heavy (non-hydrogen) atoms. The third kappa shape index (κ3) is 1.27. The zero-order valence-electron chi connectivity index (χ0n) is 10.5. The molecule has 1 aromatic carbocycles. The van der Waals surface area contributed by atoms with E-state index in [9.17, 15) is 0 Å². The highest BCUT2D eigenvalue weighted by Gasteiger charge is 2.22. The lowest BCUT2D eigenvalue weighted by Crippen LogP contribution is -1.94. The Morgan fingerprint density at radius 1 is 1.33 bits per heavy atom. The van der Waals surface area contributed by atoms with Crippen molar-refractivity contribution in [2.75, 3.05) is 0 Å². The summed E-state index contributed by atoms with van der Waals surface area (Å²) in [6.45, 7) is 2.01. The van der Waals surface area contributed by atoms with Crippen LogP contribution in [0, 0.1) is 6.92 Å². The third-order valence-electron chi connectivity index (χ3n) is 4.28. The molecule has 0 amide bonds. The number of aromatic amines is 1. The molecule has 0 unspecified atom stereocenters. The van der Waals surface area contributed by atoms with Gasteiger partial charge in [0.15, 0.2) is 5.58 Å². The van der Waals surface area contributed by atoms with Gasteiger partial charge in [-0.25, -0.2) is 0 Å². The van der Waals surface area contributed by atoms with E-state index in [1.807, 2.05) is 13.1 Å². The number of aryl methyl sites for hydroxylation is 1. The Balaban J connectivity index is 2.08. The number of hydrogen-bond donors (Lipinski definition) is 1. The van der Waals surface area contributed by atoms with E-state index >= 15 is 0 Å². The zero-order valence-corrected chi connectivity index (χ0v) is 10.5. The van der Waals surface area contributed by atoms with E-state index in [1.54, 1.807) is 0 Å². The Hall–Kier alpha value is -1.77. The molecule has 0 radical (unpaired) electrons. The van der Waals surface area contributed by atoms with Crippen molar-refractivity contribution in [3.8, 4) is 0 Å². The summed E-state index contributed by atoms with van der Waals surface area (Å²) in [7, 11) is 0. The average molecular weight is 240 g/mol. The standard InChI is InChI=1S/C15H16N2O/c1-9-14-11-6-7-16-15(11)12(8-13(14)18-17-9)10-4-2-3-5-10/h6-8,10,16H,2-5H2,1H3. The van der Waals surface area contributed by atoms with E-state index in [-0.39, 0.29) is 0 Å². The van der Waals surface area contributed by atoms with Crippen molar-refractivity contribution >= 4 is 21.9 Å². The minimum atomic E-state index is 0.681. The molecule has 2 aromatic heterocycles. The summed E-state index contributed by atoms with van der Waals surface area (Å²) < 4.78 is 5.46. The highest BCUT2D eigenvalue weighted by atomic mass is 16.5. The van der Waals surface area contributed by atoms with Gasteiger partial charge in [-0.2, -0.15) is 0 Å². The number of benzene rings is 1. The molecule has 0 atom stereocenters. The molecule has 1 aliphatic rings. The van der Waals surface area contributed by atoms with Crippen LogP contribution in [0.2, 0.25) is 0 Å². The Bertz CT molecular complexity index is 717. The number of nitrogens with one attached hydrogen (secondary N) is 1. The minimum Gasteiger partial charge on any atom is -0.361 e. The summed E-state index contributed by atoms with van der Waals surface area (Å²) >= 11 is 0. The number of nitrogens with zero attached hydrogens (tertiary/aromatic N) is 1. The van der Waals surface area contributed by atoms with E-state index in [1.165, 1.54) is 42.1 Å². The molecule has 1 fully saturated rings. The number of H-pyrrole nitrogens is 1. The number of rotatable bonds is 1. The van der Waals surface area contributed by atoms with Crippen molar-refractivity contribution in [3.05, 3.63) is 29.6 Å². The van der Waals surface area contributed by atoms with Crippen LogP contribution in [0.3, 0.4) is 0 Å². The average Bonchev–Trinajstić information content (AvgIpc) is 3.06. The second-order valence-corrected chi connectivity index (χ2v) is 5.35. The first kappa shape index (κ1) is 10.2. The summed E-state index contributed by atoms with van der Waals surface area (Å²) in [5.74, 6) is 0.681. The summed E-state index contributed by atoms with van der Waals surface area (Å²) in [5.41, 5.74) is 4.60. The first-order valence-electron chi connectivity index (χ1n) is 6.70. The molecule has 1 saturated carbocycles. The fourth-order valence-corrected chi connectivity index (χ4v) is 3.40. The number of aromatic nitrogens is 2. The maximum atomic E-state index is 5.46. The maximum Gasteiger partial charge on any atom is 0.168 e. The largest absolute Gasteiger partial charge is 0.361 e. The summed E-state index contributed by atoms with van der Waals surface area (Å²) in [5, 5.41) is 6.52. The molecule has 2 heterocycles. The predicted octanol–water partition coefficient (Wildman–Crippen LogP) is 4.28. The summed E-state index contributed by atoms with van der Waals surface area (Å²) in [4.78, 5) is 3.40. The van der Waals surface area contributed by atoms with Crippen LogP contribution in [0.1, 0.15) is 42.9 Å². The van der Waals surface area contributed by atoms with Gasteiger partial charge in [0, 0.05) is 17.1 Å². The fraction of sp³-hybridized carbons (Fsp3) is 0.400. The Labute approximate surface area is 105 Å². The number of hydrogen-bond acceptors (Lipinski definition) is 2. The number of fused-ring (bicyclic) bond motifs is 3. The molecule has 3 heteroatoms. The van der Waals surface area contributed by atoms with Gasteiger partial charge in [-0.15, -0.1) is 0 Å². The van der Waals surface area contributed by atoms with Gasteiger partial charge in [0.25, 0.3) is 0 Å². The van der Waals surface area contributed by atoms with E-state index in [4.69, 9.17) is 4.52 Å². The zero-order chi connectivity index (χ0) is 12.1. The van der Waals surface area contributed by atoms with E-state index in [0.717, 1.165) is 16.7 Å². The van der Waals surface area contributed by atoms with Gasteiger partial charge in [0.2, 0.25) is 0 Å². The first-order valence-corrected chi connectivity index (χ1v) is 6.70. The van der Waals surface area contributed by atoms with Crippen molar-refractivity contribution < 1.29 is 4.52 Å². The highest BCUT2D eigenvalue weighted by Crippen LogP contribution is 2.40. The lowest BCUT2D eigenvalue weighted by Gasteiger charge is -2.11. The third-order valence-corrected chi connectivity index (χ3v) is 4.28. The monoisotopic (exact) mass is 240 g/mol. The Morgan fingerprint density at radius 3 is 3.00 bits per heavy atom. The SMILES string of the molecule is Cc1noc2cc(C3CCCC3)c3[nH]ccc3c12. The van der Waals surface area contributed by atoms with Gasteiger partial charge in [-0.05, 0) is 43.4 Å². The molecular formula is C15H16N2O. The van der Waals surface area contributed by atoms with Gasteiger partial charge in [-0.3, -0.25) is 0 Å². The van der Waals surface area contributed by atoms with E-state index in [0.29, 0.717) is 5.92 Å². The van der Waals surface area contributed by atoms with Crippen molar-refractivity contribution in [2.24, 2.45) is 0 Å². The molecule has 1 aliphatic carbocycles. The van der Waals surface area contributed by atoms with Crippen LogP contribution in [0.5, 0.6) is 0 Å². The fourth-order valence-electron chi connectivity index (χ4n) is 3.40. The smallest absolute Gasteiger partial charge is 0.168 e. The maximum absolute atomic E-state index is 5.46. The molecule has 0 spiro atoms. The molecule has 4 rings (SSSR count). The first-order chi connectivity index (χ1) is 8.84. The van der Waals surface area contributed by atoms with Crippen molar-refractivity contribution in [2.45, 2.75) is 38.5 Å². The van der Waals surface area contributed by atoms with Crippen LogP contribution in [0.25, 0.3) is 21.9 Å². The minimum absolute atomic E-state index is 0.681. The van der Waals surface area contributed by atoms with Crippen molar-refractivity contribution in [1.82, 2.24) is 10.1 Å². The molecular weight excluding hydrogens is 224 g/mol.